The van der Waals surface area contributed by atoms with Crippen molar-refractivity contribution in [3.63, 3.8) is 0 Å². The van der Waals surface area contributed by atoms with Crippen molar-refractivity contribution in [3.05, 3.63) is 107 Å². The summed E-state index contributed by atoms with van der Waals surface area (Å²) in [5.74, 6) is -0.269. The summed E-state index contributed by atoms with van der Waals surface area (Å²) in [6, 6.07) is 27.5. The zero-order valence-corrected chi connectivity index (χ0v) is 16.0. The number of aliphatic hydroxyl groups is 1. The Hall–Kier alpha value is -2.49. The molecule has 2 atom stereocenters. The zero-order chi connectivity index (χ0) is 19.4. The second-order valence-corrected chi connectivity index (χ2v) is 7.79. The van der Waals surface area contributed by atoms with Crippen molar-refractivity contribution >= 4 is 0 Å². The molecule has 0 spiro atoms. The van der Waals surface area contributed by atoms with Gasteiger partial charge >= 0.3 is 0 Å². The van der Waals surface area contributed by atoms with E-state index in [1.54, 1.807) is 12.1 Å². The lowest BCUT2D eigenvalue weighted by Gasteiger charge is -2.44. The highest BCUT2D eigenvalue weighted by Gasteiger charge is 2.39. The van der Waals surface area contributed by atoms with Gasteiger partial charge in [-0.25, -0.2) is 4.39 Å². The van der Waals surface area contributed by atoms with Crippen LogP contribution in [0.3, 0.4) is 0 Å². The molecule has 1 heterocycles. The van der Waals surface area contributed by atoms with Gasteiger partial charge in [-0.05, 0) is 48.1 Å². The predicted octanol–water partition coefficient (Wildman–Crippen LogP) is 4.92. The van der Waals surface area contributed by atoms with Crippen molar-refractivity contribution in [3.8, 4) is 0 Å². The quantitative estimate of drug-likeness (QED) is 0.684. The van der Waals surface area contributed by atoms with Gasteiger partial charge in [-0.2, -0.15) is 0 Å². The van der Waals surface area contributed by atoms with E-state index in [9.17, 15) is 9.50 Å². The smallest absolute Gasteiger partial charge is 0.123 e. The first-order valence-corrected chi connectivity index (χ1v) is 9.93. The summed E-state index contributed by atoms with van der Waals surface area (Å²) >= 11 is 0. The van der Waals surface area contributed by atoms with Crippen LogP contribution >= 0.6 is 0 Å². The molecule has 3 aromatic rings. The number of piperidine rings is 1. The summed E-state index contributed by atoms with van der Waals surface area (Å²) in [6.45, 7) is 1.68. The zero-order valence-electron chi connectivity index (χ0n) is 16.0. The van der Waals surface area contributed by atoms with Crippen LogP contribution in [0.25, 0.3) is 0 Å². The molecule has 144 valence electrons. The Balaban J connectivity index is 1.58. The second kappa shape index (κ2) is 8.26. The maximum absolute atomic E-state index is 13.4. The SMILES string of the molecule is OC1(c2ccc(F)cc2)CCN(Cc2ccccc2)C(Cc2ccccc2)C1. The Morgan fingerprint density at radius 1 is 0.857 bits per heavy atom. The lowest BCUT2D eigenvalue weighted by atomic mass is 9.79. The van der Waals surface area contributed by atoms with Gasteiger partial charge in [0.05, 0.1) is 5.60 Å². The lowest BCUT2D eigenvalue weighted by molar-refractivity contribution is -0.0544. The minimum Gasteiger partial charge on any atom is -0.385 e. The normalized spacial score (nSPS) is 22.9. The molecule has 1 aliphatic rings. The van der Waals surface area contributed by atoms with E-state index in [0.29, 0.717) is 12.8 Å². The maximum Gasteiger partial charge on any atom is 0.123 e. The molecule has 28 heavy (non-hydrogen) atoms. The Morgan fingerprint density at radius 2 is 1.46 bits per heavy atom. The summed E-state index contributed by atoms with van der Waals surface area (Å²) in [5.41, 5.74) is 2.45. The fourth-order valence-electron chi connectivity index (χ4n) is 4.27. The molecule has 3 aromatic carbocycles. The molecule has 0 radical (unpaired) electrons. The van der Waals surface area contributed by atoms with Crippen LogP contribution in [0.5, 0.6) is 0 Å². The van der Waals surface area contributed by atoms with E-state index in [1.165, 1.54) is 23.3 Å². The Morgan fingerprint density at radius 3 is 2.11 bits per heavy atom. The highest BCUT2D eigenvalue weighted by molar-refractivity contribution is 5.26. The molecular formula is C25H26FNO. The largest absolute Gasteiger partial charge is 0.385 e. The number of benzene rings is 3. The summed E-state index contributed by atoms with van der Waals surface area (Å²) < 4.78 is 13.4. The van der Waals surface area contributed by atoms with Gasteiger partial charge < -0.3 is 5.11 Å². The predicted molar refractivity (Wildman–Crippen MR) is 110 cm³/mol. The van der Waals surface area contributed by atoms with E-state index in [-0.39, 0.29) is 11.9 Å². The molecular weight excluding hydrogens is 349 g/mol. The molecule has 1 N–H and O–H groups in total. The third-order valence-corrected chi connectivity index (χ3v) is 5.83. The van der Waals surface area contributed by atoms with E-state index >= 15 is 0 Å². The Bertz CT molecular complexity index is 881. The van der Waals surface area contributed by atoms with Crippen LogP contribution in [0.15, 0.2) is 84.9 Å². The van der Waals surface area contributed by atoms with Crippen molar-refractivity contribution in [1.29, 1.82) is 0 Å². The summed E-state index contributed by atoms with van der Waals surface area (Å²) in [7, 11) is 0. The van der Waals surface area contributed by atoms with Gasteiger partial charge in [0.1, 0.15) is 5.82 Å². The van der Waals surface area contributed by atoms with Crippen molar-refractivity contribution in [1.82, 2.24) is 4.90 Å². The average Bonchev–Trinajstić information content (AvgIpc) is 2.72. The molecule has 3 heteroatoms. The number of halogens is 1. The van der Waals surface area contributed by atoms with Gasteiger partial charge in [0.2, 0.25) is 0 Å². The standard InChI is InChI=1S/C25H26FNO/c26-23-13-11-22(12-14-23)25(28)15-16-27(19-21-9-5-2-6-10-21)24(18-25)17-20-7-3-1-4-8-20/h1-14,24,28H,15-19H2. The third kappa shape index (κ3) is 4.32. The topological polar surface area (TPSA) is 23.5 Å². The van der Waals surface area contributed by atoms with Crippen molar-refractivity contribution in [2.45, 2.75) is 37.5 Å². The van der Waals surface area contributed by atoms with E-state index in [0.717, 1.165) is 25.1 Å². The highest BCUT2D eigenvalue weighted by Crippen LogP contribution is 2.37. The fourth-order valence-corrected chi connectivity index (χ4v) is 4.27. The van der Waals surface area contributed by atoms with Gasteiger partial charge in [0.25, 0.3) is 0 Å². The van der Waals surface area contributed by atoms with Crippen molar-refractivity contribution in [2.75, 3.05) is 6.54 Å². The monoisotopic (exact) mass is 375 g/mol. The van der Waals surface area contributed by atoms with Gasteiger partial charge in [-0.15, -0.1) is 0 Å². The molecule has 0 aliphatic carbocycles. The number of rotatable bonds is 5. The van der Waals surface area contributed by atoms with Crippen LogP contribution in [0, 0.1) is 5.82 Å². The molecule has 1 saturated heterocycles. The van der Waals surface area contributed by atoms with E-state index in [1.807, 2.05) is 12.1 Å². The molecule has 1 fully saturated rings. The fraction of sp³-hybridized carbons (Fsp3) is 0.280. The summed E-state index contributed by atoms with van der Waals surface area (Å²) in [5, 5.41) is 11.4. The average molecular weight is 375 g/mol. The van der Waals surface area contributed by atoms with E-state index < -0.39 is 5.60 Å². The van der Waals surface area contributed by atoms with Crippen LogP contribution in [0.2, 0.25) is 0 Å². The second-order valence-electron chi connectivity index (χ2n) is 7.79. The lowest BCUT2D eigenvalue weighted by Crippen LogP contribution is -2.49. The first-order chi connectivity index (χ1) is 13.6. The van der Waals surface area contributed by atoms with Crippen LogP contribution in [-0.2, 0) is 18.6 Å². The minimum atomic E-state index is -0.916. The van der Waals surface area contributed by atoms with Crippen LogP contribution in [0.1, 0.15) is 29.5 Å². The molecule has 2 unspecified atom stereocenters. The molecule has 4 rings (SSSR count). The molecule has 0 saturated carbocycles. The maximum atomic E-state index is 13.4. The molecule has 2 nitrogen and oxygen atoms in total. The Labute approximate surface area is 166 Å². The number of hydrogen-bond acceptors (Lipinski definition) is 2. The minimum absolute atomic E-state index is 0.214. The highest BCUT2D eigenvalue weighted by atomic mass is 19.1. The number of nitrogens with zero attached hydrogens (tertiary/aromatic N) is 1. The van der Waals surface area contributed by atoms with Gasteiger partial charge in [-0.1, -0.05) is 72.8 Å². The van der Waals surface area contributed by atoms with E-state index in [4.69, 9.17) is 0 Å². The number of hydrogen-bond donors (Lipinski definition) is 1. The third-order valence-electron chi connectivity index (χ3n) is 5.83. The molecule has 0 aromatic heterocycles. The van der Waals surface area contributed by atoms with Crippen LogP contribution < -0.4 is 0 Å². The van der Waals surface area contributed by atoms with Crippen molar-refractivity contribution in [2.24, 2.45) is 0 Å². The number of likely N-dealkylation sites (tertiary alicyclic amines) is 1. The van der Waals surface area contributed by atoms with Gasteiger partial charge in [-0.3, -0.25) is 4.90 Å². The first-order valence-electron chi connectivity index (χ1n) is 9.93. The first kappa shape index (κ1) is 18.9. The molecule has 1 aliphatic heterocycles. The van der Waals surface area contributed by atoms with Gasteiger partial charge in [0.15, 0.2) is 0 Å². The van der Waals surface area contributed by atoms with Gasteiger partial charge in [0, 0.05) is 19.1 Å². The van der Waals surface area contributed by atoms with E-state index in [2.05, 4.69) is 53.4 Å². The summed E-state index contributed by atoms with van der Waals surface area (Å²) in [6.07, 6.45) is 2.17. The molecule has 0 amide bonds. The molecule has 0 bridgehead atoms. The van der Waals surface area contributed by atoms with Crippen molar-refractivity contribution < 1.29 is 9.50 Å². The van der Waals surface area contributed by atoms with Crippen LogP contribution in [-0.4, -0.2) is 22.6 Å². The van der Waals surface area contributed by atoms with Crippen LogP contribution in [0.4, 0.5) is 4.39 Å². The Kier molecular flexibility index (Phi) is 5.56. The summed E-state index contributed by atoms with van der Waals surface area (Å²) in [4.78, 5) is 2.47.